The van der Waals surface area contributed by atoms with Gasteiger partial charge in [-0.25, -0.2) is 22.3 Å². The lowest BCUT2D eigenvalue weighted by Gasteiger charge is -2.27. The minimum atomic E-state index is -3.63. The predicted molar refractivity (Wildman–Crippen MR) is 113 cm³/mol. The zero-order valence-electron chi connectivity index (χ0n) is 17.7. The molecule has 2 aliphatic rings. The van der Waals surface area contributed by atoms with Crippen LogP contribution in [0.3, 0.4) is 0 Å². The molecule has 0 atom stereocenters. The molecule has 1 aliphatic carbocycles. The van der Waals surface area contributed by atoms with Crippen LogP contribution in [0.25, 0.3) is 0 Å². The fourth-order valence-electron chi connectivity index (χ4n) is 3.17. The summed E-state index contributed by atoms with van der Waals surface area (Å²) in [6.07, 6.45) is 5.73. The Kier molecular flexibility index (Phi) is 7.00. The Hall–Kier alpha value is -2.46. The molecule has 1 aromatic rings. The molecule has 0 bridgehead atoms. The number of hydrogen-bond donors (Lipinski definition) is 2. The standard InChI is InChI=1S/C21H28FN3O5S/c1-21(2,16-8-9-17(22)18(12-16)30-14-15-6-7-15)24-31(28,29)11-5-3-4-10-25-13-19(26)23-20(25)27/h3-4,8-9,12,15,24H,5-7,10-11,13-14H2,1-2H3,(H,23,26,27)/b4-3+. The van der Waals surface area contributed by atoms with Crippen LogP contribution in [0, 0.1) is 11.7 Å². The molecule has 1 aliphatic heterocycles. The summed E-state index contributed by atoms with van der Waals surface area (Å²) in [7, 11) is -3.63. The van der Waals surface area contributed by atoms with Crippen LogP contribution in [0.15, 0.2) is 30.4 Å². The number of nitrogens with zero attached hydrogens (tertiary/aromatic N) is 1. The van der Waals surface area contributed by atoms with Gasteiger partial charge in [0, 0.05) is 6.54 Å². The quantitative estimate of drug-likeness (QED) is 0.395. The van der Waals surface area contributed by atoms with E-state index in [4.69, 9.17) is 4.74 Å². The molecule has 10 heteroatoms. The third kappa shape index (κ3) is 6.76. The first-order valence-corrected chi connectivity index (χ1v) is 11.9. The highest BCUT2D eigenvalue weighted by Crippen LogP contribution is 2.32. The summed E-state index contributed by atoms with van der Waals surface area (Å²) in [5.41, 5.74) is -0.356. The third-order valence-corrected chi connectivity index (χ3v) is 6.74. The number of amides is 3. The maximum Gasteiger partial charge on any atom is 0.324 e. The summed E-state index contributed by atoms with van der Waals surface area (Å²) in [6, 6.07) is 3.92. The molecule has 1 saturated carbocycles. The van der Waals surface area contributed by atoms with E-state index in [-0.39, 0.29) is 36.9 Å². The maximum absolute atomic E-state index is 14.0. The Labute approximate surface area is 181 Å². The summed E-state index contributed by atoms with van der Waals surface area (Å²) in [6.45, 7) is 4.12. The van der Waals surface area contributed by atoms with E-state index in [0.717, 1.165) is 12.8 Å². The van der Waals surface area contributed by atoms with E-state index < -0.39 is 27.4 Å². The summed E-state index contributed by atoms with van der Waals surface area (Å²) in [5.74, 6) is -0.368. The van der Waals surface area contributed by atoms with Gasteiger partial charge < -0.3 is 9.64 Å². The van der Waals surface area contributed by atoms with Crippen molar-refractivity contribution in [2.75, 3.05) is 25.4 Å². The summed E-state index contributed by atoms with van der Waals surface area (Å²) in [5, 5.41) is 2.17. The highest BCUT2D eigenvalue weighted by molar-refractivity contribution is 7.89. The van der Waals surface area contributed by atoms with Crippen molar-refractivity contribution in [3.63, 3.8) is 0 Å². The summed E-state index contributed by atoms with van der Waals surface area (Å²) in [4.78, 5) is 23.9. The van der Waals surface area contributed by atoms with Crippen molar-refractivity contribution < 1.29 is 27.1 Å². The largest absolute Gasteiger partial charge is 0.490 e. The smallest absolute Gasteiger partial charge is 0.324 e. The summed E-state index contributed by atoms with van der Waals surface area (Å²) >= 11 is 0. The minimum absolute atomic E-state index is 0.00124. The van der Waals surface area contributed by atoms with Gasteiger partial charge in [-0.1, -0.05) is 18.2 Å². The number of hydrogen-bond acceptors (Lipinski definition) is 5. The highest BCUT2D eigenvalue weighted by Gasteiger charge is 2.28. The van der Waals surface area contributed by atoms with Crippen molar-refractivity contribution in [1.82, 2.24) is 14.9 Å². The lowest BCUT2D eigenvalue weighted by Crippen LogP contribution is -2.42. The van der Waals surface area contributed by atoms with Crippen molar-refractivity contribution in [2.45, 2.75) is 38.6 Å². The van der Waals surface area contributed by atoms with E-state index in [1.54, 1.807) is 38.1 Å². The van der Waals surface area contributed by atoms with Gasteiger partial charge >= 0.3 is 6.03 Å². The second-order valence-corrected chi connectivity index (χ2v) is 10.3. The predicted octanol–water partition coefficient (Wildman–Crippen LogP) is 2.27. The van der Waals surface area contributed by atoms with Crippen LogP contribution in [0.4, 0.5) is 9.18 Å². The van der Waals surface area contributed by atoms with Crippen LogP contribution >= 0.6 is 0 Å². The molecule has 0 radical (unpaired) electrons. The second-order valence-electron chi connectivity index (χ2n) is 8.44. The van der Waals surface area contributed by atoms with Crippen LogP contribution in [-0.2, 0) is 20.4 Å². The molecule has 2 fully saturated rings. The normalized spacial score (nSPS) is 17.5. The Balaban J connectivity index is 1.53. The highest BCUT2D eigenvalue weighted by atomic mass is 32.2. The molecule has 1 aromatic carbocycles. The van der Waals surface area contributed by atoms with Gasteiger partial charge in [0.1, 0.15) is 6.54 Å². The molecule has 1 heterocycles. The van der Waals surface area contributed by atoms with Gasteiger partial charge in [0.2, 0.25) is 15.9 Å². The first-order chi connectivity index (χ1) is 14.6. The number of carbonyl (C=O) groups is 2. The molecular weight excluding hydrogens is 425 g/mol. The minimum Gasteiger partial charge on any atom is -0.490 e. The summed E-state index contributed by atoms with van der Waals surface area (Å²) < 4.78 is 47.3. The monoisotopic (exact) mass is 453 g/mol. The number of rotatable bonds is 11. The Morgan fingerprint density at radius 3 is 2.68 bits per heavy atom. The number of imide groups is 1. The van der Waals surface area contributed by atoms with Crippen LogP contribution in [-0.4, -0.2) is 50.7 Å². The van der Waals surface area contributed by atoms with Gasteiger partial charge in [0.05, 0.1) is 17.9 Å². The molecule has 3 rings (SSSR count). The van der Waals surface area contributed by atoms with Gasteiger partial charge in [0.25, 0.3) is 0 Å². The fourth-order valence-corrected chi connectivity index (χ4v) is 4.61. The topological polar surface area (TPSA) is 105 Å². The number of sulfonamides is 1. The van der Waals surface area contributed by atoms with Crippen LogP contribution < -0.4 is 14.8 Å². The zero-order valence-corrected chi connectivity index (χ0v) is 18.5. The molecule has 170 valence electrons. The van der Waals surface area contributed by atoms with E-state index >= 15 is 0 Å². The van der Waals surface area contributed by atoms with Crippen LogP contribution in [0.2, 0.25) is 0 Å². The van der Waals surface area contributed by atoms with Crippen LogP contribution in [0.1, 0.15) is 38.7 Å². The third-order valence-electron chi connectivity index (χ3n) is 5.15. The molecule has 3 amide bonds. The lowest BCUT2D eigenvalue weighted by atomic mass is 9.95. The van der Waals surface area contributed by atoms with Gasteiger partial charge in [-0.3, -0.25) is 10.1 Å². The van der Waals surface area contributed by atoms with E-state index in [1.807, 2.05) is 0 Å². The van der Waals surface area contributed by atoms with Gasteiger partial charge in [-0.05, 0) is 56.7 Å². The molecule has 8 nitrogen and oxygen atoms in total. The number of nitrogens with one attached hydrogen (secondary N) is 2. The van der Waals surface area contributed by atoms with E-state index in [9.17, 15) is 22.4 Å². The molecule has 0 spiro atoms. The number of ether oxygens (including phenoxy) is 1. The van der Waals surface area contributed by atoms with E-state index in [1.165, 1.54) is 11.0 Å². The molecule has 0 unspecified atom stereocenters. The van der Waals surface area contributed by atoms with Crippen molar-refractivity contribution in [1.29, 1.82) is 0 Å². The second kappa shape index (κ2) is 9.35. The van der Waals surface area contributed by atoms with E-state index in [0.29, 0.717) is 18.1 Å². The molecule has 0 aromatic heterocycles. The zero-order chi connectivity index (χ0) is 22.6. The number of benzene rings is 1. The van der Waals surface area contributed by atoms with E-state index in [2.05, 4.69) is 10.0 Å². The average Bonchev–Trinajstić information content (AvgIpc) is 3.43. The Morgan fingerprint density at radius 1 is 1.29 bits per heavy atom. The van der Waals surface area contributed by atoms with Gasteiger partial charge in [-0.15, -0.1) is 0 Å². The molecule has 31 heavy (non-hydrogen) atoms. The number of halogens is 1. The average molecular weight is 454 g/mol. The fraction of sp³-hybridized carbons (Fsp3) is 0.524. The Morgan fingerprint density at radius 2 is 2.03 bits per heavy atom. The van der Waals surface area contributed by atoms with Crippen molar-refractivity contribution in [3.8, 4) is 5.75 Å². The molecular formula is C21H28FN3O5S. The van der Waals surface area contributed by atoms with Crippen molar-refractivity contribution in [3.05, 3.63) is 41.7 Å². The number of carbonyl (C=O) groups excluding carboxylic acids is 2. The van der Waals surface area contributed by atoms with Gasteiger partial charge in [0.15, 0.2) is 11.6 Å². The molecule has 2 N–H and O–H groups in total. The van der Waals surface area contributed by atoms with Gasteiger partial charge in [-0.2, -0.15) is 0 Å². The SMILES string of the molecule is CC(C)(NS(=O)(=O)CC/C=C/CN1CC(=O)NC1=O)c1ccc(F)c(OCC2CC2)c1. The first kappa shape index (κ1) is 23.2. The number of allylic oxidation sites excluding steroid dienone is 1. The van der Waals surface area contributed by atoms with Crippen LogP contribution in [0.5, 0.6) is 5.75 Å². The molecule has 1 saturated heterocycles. The maximum atomic E-state index is 14.0. The Bertz CT molecular complexity index is 973. The van der Waals surface area contributed by atoms with Crippen molar-refractivity contribution >= 4 is 22.0 Å². The van der Waals surface area contributed by atoms with Crippen molar-refractivity contribution in [2.24, 2.45) is 5.92 Å². The lowest BCUT2D eigenvalue weighted by molar-refractivity contribution is -0.118. The first-order valence-electron chi connectivity index (χ1n) is 10.2. The number of urea groups is 1.